The van der Waals surface area contributed by atoms with E-state index in [2.05, 4.69) is 18.8 Å². The second-order valence-corrected chi connectivity index (χ2v) is 4.70. The van der Waals surface area contributed by atoms with Crippen LogP contribution in [0.5, 0.6) is 0 Å². The zero-order chi connectivity index (χ0) is 11.1. The lowest BCUT2D eigenvalue weighted by atomic mass is 9.89. The topological polar surface area (TPSA) is 39.2 Å². The van der Waals surface area contributed by atoms with Crippen molar-refractivity contribution in [2.45, 2.75) is 25.7 Å². The Morgan fingerprint density at radius 2 is 2.20 bits per heavy atom. The van der Waals surface area contributed by atoms with E-state index < -0.39 is 5.41 Å². The highest BCUT2D eigenvalue weighted by molar-refractivity contribution is 5.88. The molecule has 80 valence electrons. The molecule has 1 aliphatic rings. The lowest BCUT2D eigenvalue weighted by Crippen LogP contribution is -2.27. The van der Waals surface area contributed by atoms with Crippen LogP contribution in [0.25, 0.3) is 0 Å². The molecule has 2 rings (SSSR count). The summed E-state index contributed by atoms with van der Waals surface area (Å²) in [7, 11) is 1.44. The predicted molar refractivity (Wildman–Crippen MR) is 56.3 cm³/mol. The van der Waals surface area contributed by atoms with Crippen LogP contribution in [0.4, 0.5) is 0 Å². The number of nitrogens with zero attached hydrogens (tertiary/aromatic N) is 1. The van der Waals surface area contributed by atoms with Crippen molar-refractivity contribution in [2.75, 3.05) is 7.11 Å². The first-order chi connectivity index (χ1) is 7.04. The number of rotatable bonds is 2. The zero-order valence-electron chi connectivity index (χ0n) is 9.28. The van der Waals surface area contributed by atoms with Gasteiger partial charge in [-0.15, -0.1) is 0 Å². The number of aromatic nitrogens is 1. The normalized spacial score (nSPS) is 27.1. The number of carbonyl (C=O) groups is 1. The first-order valence-electron chi connectivity index (χ1n) is 5.03. The van der Waals surface area contributed by atoms with E-state index in [0.717, 1.165) is 12.0 Å². The highest BCUT2D eigenvalue weighted by Crippen LogP contribution is 2.64. The van der Waals surface area contributed by atoms with Gasteiger partial charge in [0.1, 0.15) is 5.41 Å². The Morgan fingerprint density at radius 3 is 2.60 bits per heavy atom. The fourth-order valence-electron chi connectivity index (χ4n) is 2.37. The van der Waals surface area contributed by atoms with Crippen molar-refractivity contribution in [1.82, 2.24) is 4.98 Å². The Labute approximate surface area is 89.5 Å². The van der Waals surface area contributed by atoms with E-state index in [1.54, 1.807) is 12.4 Å². The van der Waals surface area contributed by atoms with E-state index in [0.29, 0.717) is 0 Å². The van der Waals surface area contributed by atoms with Gasteiger partial charge in [0, 0.05) is 12.4 Å². The fourth-order valence-corrected chi connectivity index (χ4v) is 2.37. The van der Waals surface area contributed by atoms with Gasteiger partial charge in [-0.2, -0.15) is 0 Å². The average Bonchev–Trinajstić information content (AvgIpc) is 2.83. The van der Waals surface area contributed by atoms with Crippen LogP contribution in [-0.2, 0) is 14.9 Å². The van der Waals surface area contributed by atoms with Gasteiger partial charge in [-0.3, -0.25) is 9.78 Å². The summed E-state index contributed by atoms with van der Waals surface area (Å²) >= 11 is 0. The fraction of sp³-hybridized carbons (Fsp3) is 0.500. The molecular weight excluding hydrogens is 190 g/mol. The van der Waals surface area contributed by atoms with Crippen LogP contribution in [0.3, 0.4) is 0 Å². The minimum absolute atomic E-state index is 0.0247. The quantitative estimate of drug-likeness (QED) is 0.692. The van der Waals surface area contributed by atoms with Crippen LogP contribution >= 0.6 is 0 Å². The molecule has 0 aromatic carbocycles. The number of pyridine rings is 1. The molecule has 1 fully saturated rings. The summed E-state index contributed by atoms with van der Waals surface area (Å²) in [5.74, 6) is -0.152. The lowest BCUT2D eigenvalue weighted by molar-refractivity contribution is -0.144. The summed E-state index contributed by atoms with van der Waals surface area (Å²) in [6.07, 6.45) is 4.30. The van der Waals surface area contributed by atoms with Gasteiger partial charge in [0.2, 0.25) is 0 Å². The van der Waals surface area contributed by atoms with Crippen LogP contribution in [-0.4, -0.2) is 18.1 Å². The molecule has 0 aliphatic heterocycles. The van der Waals surface area contributed by atoms with E-state index in [9.17, 15) is 4.79 Å². The van der Waals surface area contributed by atoms with Crippen molar-refractivity contribution >= 4 is 5.97 Å². The number of ether oxygens (including phenoxy) is 1. The SMILES string of the molecule is COC(=O)C1(c2cccnc2)CC1(C)C. The van der Waals surface area contributed by atoms with E-state index in [4.69, 9.17) is 4.74 Å². The van der Waals surface area contributed by atoms with Crippen LogP contribution in [0.2, 0.25) is 0 Å². The Balaban J connectivity index is 2.44. The molecule has 1 aliphatic carbocycles. The van der Waals surface area contributed by atoms with Crippen LogP contribution in [0, 0.1) is 5.41 Å². The molecule has 1 heterocycles. The zero-order valence-corrected chi connectivity index (χ0v) is 9.28. The monoisotopic (exact) mass is 205 g/mol. The molecule has 1 unspecified atom stereocenters. The van der Waals surface area contributed by atoms with Crippen molar-refractivity contribution in [3.05, 3.63) is 30.1 Å². The predicted octanol–water partition coefficient (Wildman–Crippen LogP) is 1.92. The smallest absolute Gasteiger partial charge is 0.316 e. The summed E-state index contributed by atoms with van der Waals surface area (Å²) in [5.41, 5.74) is 0.459. The third kappa shape index (κ3) is 1.26. The minimum atomic E-state index is -0.476. The Hall–Kier alpha value is -1.38. The van der Waals surface area contributed by atoms with Crippen molar-refractivity contribution in [3.8, 4) is 0 Å². The third-order valence-corrected chi connectivity index (χ3v) is 3.43. The number of hydrogen-bond acceptors (Lipinski definition) is 3. The molecule has 3 nitrogen and oxygen atoms in total. The molecule has 0 radical (unpaired) electrons. The Kier molecular flexibility index (Phi) is 2.07. The average molecular weight is 205 g/mol. The van der Waals surface area contributed by atoms with Gasteiger partial charge >= 0.3 is 5.97 Å². The number of esters is 1. The summed E-state index contributed by atoms with van der Waals surface area (Å²) in [4.78, 5) is 15.9. The van der Waals surface area contributed by atoms with Crippen molar-refractivity contribution in [3.63, 3.8) is 0 Å². The van der Waals surface area contributed by atoms with E-state index in [-0.39, 0.29) is 11.4 Å². The summed E-state index contributed by atoms with van der Waals surface area (Å²) in [6.45, 7) is 4.16. The van der Waals surface area contributed by atoms with E-state index >= 15 is 0 Å². The number of carbonyl (C=O) groups excluding carboxylic acids is 1. The molecule has 15 heavy (non-hydrogen) atoms. The maximum absolute atomic E-state index is 11.9. The second kappa shape index (κ2) is 3.05. The molecular formula is C12H15NO2. The van der Waals surface area contributed by atoms with Gasteiger partial charge in [0.05, 0.1) is 7.11 Å². The van der Waals surface area contributed by atoms with Gasteiger partial charge in [-0.25, -0.2) is 0 Å². The van der Waals surface area contributed by atoms with Gasteiger partial charge in [-0.05, 0) is 23.5 Å². The Morgan fingerprint density at radius 1 is 1.53 bits per heavy atom. The molecule has 1 atom stereocenters. The minimum Gasteiger partial charge on any atom is -0.468 e. The first-order valence-corrected chi connectivity index (χ1v) is 5.03. The maximum Gasteiger partial charge on any atom is 0.316 e. The van der Waals surface area contributed by atoms with Crippen LogP contribution in [0.15, 0.2) is 24.5 Å². The van der Waals surface area contributed by atoms with E-state index in [1.165, 1.54) is 7.11 Å². The standard InChI is InChI=1S/C12H15NO2/c1-11(2)8-12(11,10(14)15-3)9-5-4-6-13-7-9/h4-7H,8H2,1-3H3. The second-order valence-electron chi connectivity index (χ2n) is 4.70. The molecule has 0 bridgehead atoms. The van der Waals surface area contributed by atoms with Gasteiger partial charge in [0.15, 0.2) is 0 Å². The molecule has 0 N–H and O–H groups in total. The van der Waals surface area contributed by atoms with Crippen molar-refractivity contribution in [2.24, 2.45) is 5.41 Å². The molecule has 0 saturated heterocycles. The van der Waals surface area contributed by atoms with Crippen LogP contribution < -0.4 is 0 Å². The molecule has 0 amide bonds. The Bertz CT molecular complexity index is 386. The highest BCUT2D eigenvalue weighted by atomic mass is 16.5. The largest absolute Gasteiger partial charge is 0.468 e. The molecule has 3 heteroatoms. The van der Waals surface area contributed by atoms with Gasteiger partial charge < -0.3 is 4.74 Å². The van der Waals surface area contributed by atoms with Crippen molar-refractivity contribution in [1.29, 1.82) is 0 Å². The molecule has 1 saturated carbocycles. The van der Waals surface area contributed by atoms with Crippen LogP contribution in [0.1, 0.15) is 25.8 Å². The number of hydrogen-bond donors (Lipinski definition) is 0. The van der Waals surface area contributed by atoms with Gasteiger partial charge in [0.25, 0.3) is 0 Å². The summed E-state index contributed by atoms with van der Waals surface area (Å²) in [6, 6.07) is 3.80. The first kappa shape index (κ1) is 10.1. The lowest BCUT2D eigenvalue weighted by Gasteiger charge is -2.17. The van der Waals surface area contributed by atoms with E-state index in [1.807, 2.05) is 12.1 Å². The molecule has 1 aromatic rings. The molecule has 1 aromatic heterocycles. The maximum atomic E-state index is 11.9. The third-order valence-electron chi connectivity index (χ3n) is 3.43. The van der Waals surface area contributed by atoms with Crippen molar-refractivity contribution < 1.29 is 9.53 Å². The summed E-state index contributed by atoms with van der Waals surface area (Å²) in [5, 5.41) is 0. The van der Waals surface area contributed by atoms with Gasteiger partial charge in [-0.1, -0.05) is 19.9 Å². The number of methoxy groups -OCH3 is 1. The summed E-state index contributed by atoms with van der Waals surface area (Å²) < 4.78 is 4.90. The highest BCUT2D eigenvalue weighted by Gasteiger charge is 2.68. The molecule has 0 spiro atoms.